The summed E-state index contributed by atoms with van der Waals surface area (Å²) in [5, 5.41) is 12.0. The molecule has 3 rings (SSSR count). The Balaban J connectivity index is 1.61. The molecule has 2 aromatic rings. The molecule has 0 fully saturated rings. The van der Waals surface area contributed by atoms with Crippen LogP contribution >= 0.6 is 11.8 Å². The Labute approximate surface area is 160 Å². The number of nitrogens with one attached hydrogen (secondary N) is 1. The van der Waals surface area contributed by atoms with Gasteiger partial charge in [0.1, 0.15) is 18.2 Å². The molecule has 0 spiro atoms. The Kier molecular flexibility index (Phi) is 5.81. The van der Waals surface area contributed by atoms with Gasteiger partial charge in [-0.05, 0) is 31.9 Å². The predicted octanol–water partition coefficient (Wildman–Crippen LogP) is 1.04. The first kappa shape index (κ1) is 19.0. The average Bonchev–Trinajstić information content (AvgIpc) is 3.14. The molecule has 1 aromatic heterocycles. The number of carbonyl (C=O) groups excluding carboxylic acids is 1. The molecule has 0 unspecified atom stereocenters. The van der Waals surface area contributed by atoms with Crippen LogP contribution in [0.15, 0.2) is 38.8 Å². The van der Waals surface area contributed by atoms with Gasteiger partial charge < -0.3 is 5.32 Å². The highest BCUT2D eigenvalue weighted by Crippen LogP contribution is 2.17. The van der Waals surface area contributed by atoms with E-state index in [1.54, 1.807) is 11.8 Å². The van der Waals surface area contributed by atoms with Crippen molar-refractivity contribution in [1.82, 2.24) is 14.5 Å². The summed E-state index contributed by atoms with van der Waals surface area (Å²) in [5.74, 6) is 0.261. The maximum atomic E-state index is 12.5. The number of amides is 1. The fourth-order valence-corrected chi connectivity index (χ4v) is 3.85. The summed E-state index contributed by atoms with van der Waals surface area (Å²) in [5.41, 5.74) is 0.444. The van der Waals surface area contributed by atoms with E-state index < -0.39 is 17.2 Å². The maximum Gasteiger partial charge on any atom is 0.331 e. The topological polar surface area (TPSA) is 96.9 Å². The van der Waals surface area contributed by atoms with E-state index >= 15 is 0 Å². The van der Waals surface area contributed by atoms with E-state index in [1.807, 2.05) is 37.3 Å². The second kappa shape index (κ2) is 8.27. The van der Waals surface area contributed by atoms with Gasteiger partial charge in [-0.3, -0.25) is 14.2 Å². The molecule has 0 atom stereocenters. The molecule has 0 radical (unpaired) electrons. The Hall–Kier alpha value is -2.79. The van der Waals surface area contributed by atoms with Crippen molar-refractivity contribution in [3.8, 4) is 6.07 Å². The third kappa shape index (κ3) is 4.14. The lowest BCUT2D eigenvalue weighted by molar-refractivity contribution is -0.121. The highest BCUT2D eigenvalue weighted by Gasteiger charge is 2.23. The van der Waals surface area contributed by atoms with Gasteiger partial charge in [-0.15, -0.1) is 11.8 Å². The van der Waals surface area contributed by atoms with Gasteiger partial charge in [0.25, 0.3) is 5.56 Å². The molecular formula is C19H20N4O3S. The molecule has 0 saturated heterocycles. The Morgan fingerprint density at radius 1 is 1.30 bits per heavy atom. The number of thioether (sulfide) groups is 1. The van der Waals surface area contributed by atoms with Crippen molar-refractivity contribution in [2.75, 3.05) is 12.3 Å². The molecule has 8 heteroatoms. The number of carbonyl (C=O) groups is 1. The van der Waals surface area contributed by atoms with Gasteiger partial charge in [0.05, 0.1) is 0 Å². The number of fused-ring (bicyclic) bond motifs is 1. The van der Waals surface area contributed by atoms with Gasteiger partial charge >= 0.3 is 5.69 Å². The van der Waals surface area contributed by atoms with Crippen molar-refractivity contribution in [2.24, 2.45) is 0 Å². The molecule has 140 valence electrons. The number of nitriles is 1. The molecule has 2 heterocycles. The summed E-state index contributed by atoms with van der Waals surface area (Å²) >= 11 is 1.61. The van der Waals surface area contributed by atoms with Crippen LogP contribution in [0.1, 0.15) is 23.2 Å². The zero-order valence-electron chi connectivity index (χ0n) is 15.0. The lowest BCUT2D eigenvalue weighted by atomic mass is 10.2. The fraction of sp³-hybridized carbons (Fsp3) is 0.368. The second-order valence-electron chi connectivity index (χ2n) is 6.37. The largest absolute Gasteiger partial charge is 0.354 e. The first-order valence-corrected chi connectivity index (χ1v) is 9.72. The molecule has 0 aliphatic carbocycles. The van der Waals surface area contributed by atoms with Gasteiger partial charge in [-0.2, -0.15) is 5.26 Å². The zero-order valence-corrected chi connectivity index (χ0v) is 15.8. The predicted molar refractivity (Wildman–Crippen MR) is 103 cm³/mol. The number of rotatable bonds is 6. The van der Waals surface area contributed by atoms with E-state index in [0.29, 0.717) is 31.0 Å². The second-order valence-corrected chi connectivity index (χ2v) is 7.54. The first-order valence-electron chi connectivity index (χ1n) is 8.74. The molecule has 7 nitrogen and oxygen atoms in total. The van der Waals surface area contributed by atoms with Gasteiger partial charge in [0, 0.05) is 29.4 Å². The summed E-state index contributed by atoms with van der Waals surface area (Å²) in [6, 6.07) is 9.99. The lowest BCUT2D eigenvalue weighted by Crippen LogP contribution is -2.45. The molecule has 1 aliphatic heterocycles. The molecule has 0 bridgehead atoms. The Morgan fingerprint density at radius 3 is 2.74 bits per heavy atom. The molecule has 1 aromatic carbocycles. The van der Waals surface area contributed by atoms with Gasteiger partial charge in [-0.1, -0.05) is 17.7 Å². The number of aryl methyl sites for hydroxylation is 1. The van der Waals surface area contributed by atoms with Gasteiger partial charge in [0.2, 0.25) is 5.91 Å². The number of benzene rings is 1. The minimum absolute atomic E-state index is 0.0326. The van der Waals surface area contributed by atoms with Crippen LogP contribution in [-0.2, 0) is 24.3 Å². The monoisotopic (exact) mass is 384 g/mol. The quantitative estimate of drug-likeness (QED) is 0.593. The smallest absolute Gasteiger partial charge is 0.331 e. The molecule has 1 aliphatic rings. The van der Waals surface area contributed by atoms with Crippen LogP contribution in [0, 0.1) is 18.3 Å². The summed E-state index contributed by atoms with van der Waals surface area (Å²) in [6.07, 6.45) is 1.26. The van der Waals surface area contributed by atoms with Crippen molar-refractivity contribution in [3.63, 3.8) is 0 Å². The van der Waals surface area contributed by atoms with Crippen LogP contribution in [0.4, 0.5) is 0 Å². The molecular weight excluding hydrogens is 364 g/mol. The number of nitrogens with zero attached hydrogens (tertiary/aromatic N) is 3. The Morgan fingerprint density at radius 2 is 2.04 bits per heavy atom. The van der Waals surface area contributed by atoms with E-state index in [0.717, 1.165) is 15.9 Å². The van der Waals surface area contributed by atoms with Crippen LogP contribution in [0.3, 0.4) is 0 Å². The molecule has 1 N–H and O–H groups in total. The van der Waals surface area contributed by atoms with E-state index in [4.69, 9.17) is 0 Å². The molecule has 0 saturated carbocycles. The van der Waals surface area contributed by atoms with Crippen molar-refractivity contribution < 1.29 is 4.79 Å². The maximum absolute atomic E-state index is 12.5. The van der Waals surface area contributed by atoms with E-state index in [-0.39, 0.29) is 12.1 Å². The van der Waals surface area contributed by atoms with Crippen molar-refractivity contribution >= 4 is 17.7 Å². The number of aromatic nitrogens is 2. The van der Waals surface area contributed by atoms with Crippen molar-refractivity contribution in [2.45, 2.75) is 37.8 Å². The van der Waals surface area contributed by atoms with Gasteiger partial charge in [-0.25, -0.2) is 9.36 Å². The highest BCUT2D eigenvalue weighted by atomic mass is 32.2. The van der Waals surface area contributed by atoms with Crippen molar-refractivity contribution in [3.05, 3.63) is 61.9 Å². The highest BCUT2D eigenvalue weighted by molar-refractivity contribution is 7.99. The minimum atomic E-state index is -0.681. The lowest BCUT2D eigenvalue weighted by Gasteiger charge is -2.11. The van der Waals surface area contributed by atoms with Gasteiger partial charge in [0.15, 0.2) is 0 Å². The number of hydrogen-bond acceptors (Lipinski definition) is 5. The Bertz CT molecular complexity index is 1020. The SMILES string of the molecule is Cc1ccc(SCCNC(=O)Cn2c(=O)c(C#N)c3n(c2=O)CCC3)cc1. The van der Waals surface area contributed by atoms with Crippen LogP contribution < -0.4 is 16.6 Å². The van der Waals surface area contributed by atoms with Crippen LogP contribution in [0.25, 0.3) is 0 Å². The normalized spacial score (nSPS) is 12.4. The average molecular weight is 384 g/mol. The molecule has 1 amide bonds. The molecule has 27 heavy (non-hydrogen) atoms. The van der Waals surface area contributed by atoms with Crippen LogP contribution in [0.5, 0.6) is 0 Å². The standard InChI is InChI=1S/C19H20N4O3S/c1-13-4-6-14(7-5-13)27-10-8-21-17(24)12-23-18(25)15(11-20)16-3-2-9-22(16)19(23)26/h4-7H,2-3,8-10,12H2,1H3,(H,21,24). The summed E-state index contributed by atoms with van der Waals surface area (Å²) < 4.78 is 2.29. The number of hydrogen-bond donors (Lipinski definition) is 1. The van der Waals surface area contributed by atoms with E-state index in [2.05, 4.69) is 5.32 Å². The van der Waals surface area contributed by atoms with Crippen LogP contribution in [0.2, 0.25) is 0 Å². The van der Waals surface area contributed by atoms with Crippen molar-refractivity contribution in [1.29, 1.82) is 5.26 Å². The van der Waals surface area contributed by atoms with E-state index in [9.17, 15) is 19.6 Å². The third-order valence-corrected chi connectivity index (χ3v) is 5.47. The summed E-state index contributed by atoms with van der Waals surface area (Å²) in [7, 11) is 0. The van der Waals surface area contributed by atoms with E-state index in [1.165, 1.54) is 10.1 Å². The minimum Gasteiger partial charge on any atom is -0.354 e. The summed E-state index contributed by atoms with van der Waals surface area (Å²) in [6.45, 7) is 2.54. The third-order valence-electron chi connectivity index (χ3n) is 4.46. The fourth-order valence-electron chi connectivity index (χ4n) is 3.08. The summed E-state index contributed by atoms with van der Waals surface area (Å²) in [4.78, 5) is 38.1. The van der Waals surface area contributed by atoms with Crippen LogP contribution in [-0.4, -0.2) is 27.3 Å². The first-order chi connectivity index (χ1) is 13.0. The zero-order chi connectivity index (χ0) is 19.4.